The van der Waals surface area contributed by atoms with Crippen LogP contribution in [0, 0.1) is 18.6 Å². The summed E-state index contributed by atoms with van der Waals surface area (Å²) in [6.45, 7) is 12.6. The number of nitrogens with zero attached hydrogens (tertiary/aromatic N) is 10. The third-order valence-electron chi connectivity index (χ3n) is 15.0. The van der Waals surface area contributed by atoms with Gasteiger partial charge in [0.1, 0.15) is 47.0 Å². The normalized spacial score (nSPS) is 21.4. The van der Waals surface area contributed by atoms with Crippen LogP contribution >= 0.6 is 0 Å². The number of aromatic hydroxyl groups is 2. The first-order valence-corrected chi connectivity index (χ1v) is 24.8. The lowest BCUT2D eigenvalue weighted by atomic mass is 9.98. The van der Waals surface area contributed by atoms with Crippen LogP contribution in [0.2, 0.25) is 0 Å². The molecule has 3 aromatic heterocycles. The van der Waals surface area contributed by atoms with Crippen molar-refractivity contribution in [1.29, 1.82) is 0 Å². The molecule has 16 nitrogen and oxygen atoms in total. The number of alkyl halides is 3. The average molecular weight is 1010 g/mol. The van der Waals surface area contributed by atoms with E-state index in [1.807, 2.05) is 31.3 Å². The van der Waals surface area contributed by atoms with Crippen molar-refractivity contribution < 1.29 is 41.7 Å². The summed E-state index contributed by atoms with van der Waals surface area (Å²) in [6, 6.07) is 13.3. The van der Waals surface area contributed by atoms with Gasteiger partial charge < -0.3 is 30.5 Å². The van der Waals surface area contributed by atoms with Gasteiger partial charge in [0.25, 0.3) is 5.91 Å². The van der Waals surface area contributed by atoms with Crippen molar-refractivity contribution in [2.75, 3.05) is 64.4 Å². The van der Waals surface area contributed by atoms with Crippen LogP contribution in [-0.4, -0.2) is 156 Å². The van der Waals surface area contributed by atoms with Crippen molar-refractivity contribution in [2.45, 2.75) is 95.8 Å². The summed E-state index contributed by atoms with van der Waals surface area (Å²) < 4.78 is 79.5. The number of phenolic OH excluding ortho intramolecular Hbond substituents is 2. The van der Waals surface area contributed by atoms with E-state index in [1.54, 1.807) is 37.4 Å². The summed E-state index contributed by atoms with van der Waals surface area (Å²) in [6.07, 6.45) is -0.152. The Morgan fingerprint density at radius 2 is 1.64 bits per heavy atom. The van der Waals surface area contributed by atoms with Gasteiger partial charge in [0, 0.05) is 100 Å². The fraction of sp³-hybridized carbons (Fsp3) is 0.462. The number of anilines is 1. The van der Waals surface area contributed by atoms with E-state index in [4.69, 9.17) is 9.72 Å². The average Bonchev–Trinajstić information content (AvgIpc) is 4.07. The molecule has 386 valence electrons. The number of likely N-dealkylation sites (tertiary alicyclic amines) is 1. The van der Waals surface area contributed by atoms with Crippen molar-refractivity contribution in [3.8, 4) is 45.8 Å². The molecule has 4 aliphatic rings. The summed E-state index contributed by atoms with van der Waals surface area (Å²) in [5, 5.41) is 35.7. The molecule has 4 fully saturated rings. The second-order valence-electron chi connectivity index (χ2n) is 20.2. The predicted octanol–water partition coefficient (Wildman–Crippen LogP) is 6.95. The molecule has 7 heterocycles. The highest BCUT2D eigenvalue weighted by Gasteiger charge is 2.39. The van der Waals surface area contributed by atoms with Gasteiger partial charge in [-0.3, -0.25) is 29.0 Å². The number of phenols is 2. The fourth-order valence-corrected chi connectivity index (χ4v) is 10.8. The minimum absolute atomic E-state index is 0.00775. The molecule has 1 amide bonds. The second-order valence-corrected chi connectivity index (χ2v) is 20.2. The zero-order chi connectivity index (χ0) is 51.5. The number of aromatic nitrogens is 6. The minimum atomic E-state index is -4.70. The van der Waals surface area contributed by atoms with Crippen LogP contribution < -0.4 is 20.3 Å². The largest absolute Gasteiger partial charge is 0.508 e. The van der Waals surface area contributed by atoms with E-state index in [-0.39, 0.29) is 58.1 Å². The third kappa shape index (κ3) is 10.1. The predicted molar refractivity (Wildman–Crippen MR) is 264 cm³/mol. The Morgan fingerprint density at radius 1 is 0.918 bits per heavy atom. The summed E-state index contributed by atoms with van der Waals surface area (Å²) in [5.41, 5.74) is 2.75. The Bertz CT molecular complexity index is 3010. The molecule has 21 heteroatoms. The number of hydrogen-bond acceptors (Lipinski definition) is 14. The molecule has 4 N–H and O–H groups in total. The fourth-order valence-electron chi connectivity index (χ4n) is 10.8. The van der Waals surface area contributed by atoms with Crippen LogP contribution in [0.3, 0.4) is 0 Å². The standard InChI is InChI=1S/C52H59F5N12O4/c1-28(2)38-20-39(43(71)21-42(38)70)48-63-64-49(50(72)59-30(4)52(55,56)57)69(48)34-13-9-31(10-14-34)23-66-15-17-67(18-16-66)35-19-36(65(5)26-35)27-73-51-61-46-40(47(62-51)68-24-32-11-12-33(25-68)60-32)22-58-45(44(46)54)37-7-6-8-41(53)29(37)3/h6-10,13-14,20-22,28,30,32-33,35-36,60,70-71H,11-12,15-19,23-27H2,1-5H3,(H,59,72)/t30?,32?,33?,35-,36-/m0/s1. The Labute approximate surface area is 419 Å². The van der Waals surface area contributed by atoms with Gasteiger partial charge in [0.2, 0.25) is 5.82 Å². The van der Waals surface area contributed by atoms with Gasteiger partial charge in [-0.05, 0) is 87.0 Å². The van der Waals surface area contributed by atoms with Gasteiger partial charge >= 0.3 is 12.2 Å². The SMILES string of the molecule is Cc1c(F)cccc1-c1ncc2c(N3CC4CCC(C3)N4)nc(OC[C@@H]3C[C@H](N4CCN(Cc5ccc(-n6c(C(=O)NC(C)C(F)(F)F)nnc6-c6cc(C(C)C)c(O)cc6O)cc5)CC4)CN3C)nc2c1F. The Kier molecular flexibility index (Phi) is 13.7. The van der Waals surface area contributed by atoms with Crippen LogP contribution in [-0.2, 0) is 6.54 Å². The smallest absolute Gasteiger partial charge is 0.408 e. The first-order chi connectivity index (χ1) is 34.9. The van der Waals surface area contributed by atoms with Crippen LogP contribution in [0.4, 0.5) is 27.8 Å². The first kappa shape index (κ1) is 50.0. The molecule has 0 spiro atoms. The van der Waals surface area contributed by atoms with E-state index in [0.717, 1.165) is 64.5 Å². The summed E-state index contributed by atoms with van der Waals surface area (Å²) in [4.78, 5) is 36.7. The zero-order valence-electron chi connectivity index (χ0n) is 41.3. The molecule has 2 bridgehead atoms. The van der Waals surface area contributed by atoms with Gasteiger partial charge in [-0.25, -0.2) is 8.78 Å². The number of halogens is 5. The third-order valence-corrected chi connectivity index (χ3v) is 15.0. The lowest BCUT2D eigenvalue weighted by Gasteiger charge is -2.38. The molecule has 3 aromatic carbocycles. The van der Waals surface area contributed by atoms with Crippen LogP contribution in [0.5, 0.6) is 17.5 Å². The summed E-state index contributed by atoms with van der Waals surface area (Å²) in [7, 11) is 2.08. The number of ether oxygens (including phenoxy) is 1. The summed E-state index contributed by atoms with van der Waals surface area (Å²) >= 11 is 0. The van der Waals surface area contributed by atoms with Gasteiger partial charge in [-0.2, -0.15) is 23.1 Å². The number of rotatable bonds is 13. The number of hydrogen-bond donors (Lipinski definition) is 4. The maximum atomic E-state index is 16.6. The molecule has 0 aliphatic carbocycles. The Morgan fingerprint density at radius 3 is 2.34 bits per heavy atom. The van der Waals surface area contributed by atoms with E-state index < -0.39 is 35.6 Å². The van der Waals surface area contributed by atoms with E-state index in [2.05, 4.69) is 52.1 Å². The monoisotopic (exact) mass is 1010 g/mol. The minimum Gasteiger partial charge on any atom is -0.508 e. The molecule has 4 aliphatic heterocycles. The highest BCUT2D eigenvalue weighted by atomic mass is 19.4. The number of piperazine rings is 2. The van der Waals surface area contributed by atoms with Crippen LogP contribution in [0.1, 0.15) is 73.3 Å². The number of benzene rings is 3. The second kappa shape index (κ2) is 20.0. The van der Waals surface area contributed by atoms with Gasteiger partial charge in [0.15, 0.2) is 11.6 Å². The van der Waals surface area contributed by atoms with Crippen molar-refractivity contribution >= 4 is 22.6 Å². The zero-order valence-corrected chi connectivity index (χ0v) is 41.3. The van der Waals surface area contributed by atoms with Crippen molar-refractivity contribution in [3.63, 3.8) is 0 Å². The van der Waals surface area contributed by atoms with Crippen LogP contribution in [0.15, 0.2) is 60.8 Å². The van der Waals surface area contributed by atoms with Gasteiger partial charge in [-0.15, -0.1) is 10.2 Å². The number of fused-ring (bicyclic) bond motifs is 3. The molecule has 5 atom stereocenters. The maximum absolute atomic E-state index is 16.6. The molecule has 3 unspecified atom stereocenters. The molecule has 0 radical (unpaired) electrons. The lowest BCUT2D eigenvalue weighted by molar-refractivity contribution is -0.149. The first-order valence-electron chi connectivity index (χ1n) is 24.8. The van der Waals surface area contributed by atoms with Crippen LogP contribution in [0.25, 0.3) is 39.2 Å². The number of carbonyl (C=O) groups is 1. The van der Waals surface area contributed by atoms with E-state index in [0.29, 0.717) is 71.9 Å². The van der Waals surface area contributed by atoms with E-state index >= 15 is 4.39 Å². The molecule has 73 heavy (non-hydrogen) atoms. The van der Waals surface area contributed by atoms with Crippen molar-refractivity contribution in [1.82, 2.24) is 55.0 Å². The van der Waals surface area contributed by atoms with Crippen molar-refractivity contribution in [2.24, 2.45) is 0 Å². The molecule has 6 aromatic rings. The van der Waals surface area contributed by atoms with Crippen molar-refractivity contribution in [3.05, 3.63) is 94.9 Å². The lowest BCUT2D eigenvalue weighted by Crippen LogP contribution is -2.51. The van der Waals surface area contributed by atoms with E-state index in [9.17, 15) is 32.6 Å². The Balaban J connectivity index is 0.803. The topological polar surface area (TPSA) is 173 Å². The molecule has 10 rings (SSSR count). The highest BCUT2D eigenvalue weighted by Crippen LogP contribution is 2.39. The highest BCUT2D eigenvalue weighted by molar-refractivity contribution is 5.93. The Hall–Kier alpha value is -6.55. The molecular weight excluding hydrogens is 952 g/mol. The van der Waals surface area contributed by atoms with Gasteiger partial charge in [0.05, 0.1) is 10.9 Å². The maximum Gasteiger partial charge on any atom is 0.408 e. The number of carbonyl (C=O) groups excluding carboxylic acids is 1. The number of amides is 1. The summed E-state index contributed by atoms with van der Waals surface area (Å²) in [5.74, 6) is -2.66. The number of likely N-dealkylation sites (N-methyl/N-ethyl adjacent to an activating group) is 1. The van der Waals surface area contributed by atoms with Gasteiger partial charge in [-0.1, -0.05) is 38.1 Å². The molecule has 4 saturated heterocycles. The van der Waals surface area contributed by atoms with E-state index in [1.165, 1.54) is 22.8 Å². The quantitative estimate of drug-likeness (QED) is 0.0876. The molecular formula is C52H59F5N12O4. The number of pyridine rings is 1. The molecule has 0 saturated carbocycles. The number of nitrogens with one attached hydrogen (secondary N) is 2.